The second kappa shape index (κ2) is 7.75. The maximum atomic E-state index is 13.1. The lowest BCUT2D eigenvalue weighted by atomic mass is 9.99. The number of H-pyrrole nitrogens is 1. The predicted octanol–water partition coefficient (Wildman–Crippen LogP) is 1.46. The third kappa shape index (κ3) is 3.32. The summed E-state index contributed by atoms with van der Waals surface area (Å²) in [5.74, 6) is 0.418. The Morgan fingerprint density at radius 3 is 2.72 bits per heavy atom. The van der Waals surface area contributed by atoms with Crippen LogP contribution >= 0.6 is 0 Å². The molecule has 0 fully saturated rings. The van der Waals surface area contributed by atoms with E-state index >= 15 is 0 Å². The molecule has 5 aromatic rings. The Kier molecular flexibility index (Phi) is 4.75. The van der Waals surface area contributed by atoms with Crippen molar-refractivity contribution >= 4 is 11.6 Å². The molecule has 32 heavy (non-hydrogen) atoms. The number of aliphatic hydroxyl groups excluding tert-OH is 1. The molecule has 4 heterocycles. The van der Waals surface area contributed by atoms with Gasteiger partial charge < -0.3 is 15.3 Å². The molecule has 0 atom stereocenters. The summed E-state index contributed by atoms with van der Waals surface area (Å²) in [4.78, 5) is 26.2. The van der Waals surface area contributed by atoms with Crippen molar-refractivity contribution < 1.29 is 13.9 Å². The van der Waals surface area contributed by atoms with Gasteiger partial charge in [-0.2, -0.15) is 4.68 Å². The van der Waals surface area contributed by atoms with E-state index in [1.807, 2.05) is 43.3 Å². The van der Waals surface area contributed by atoms with Crippen LogP contribution in [-0.2, 0) is 13.2 Å². The first-order valence-corrected chi connectivity index (χ1v) is 9.92. The minimum Gasteiger partial charge on any atom is -0.446 e. The molecule has 1 aromatic carbocycles. The van der Waals surface area contributed by atoms with Crippen molar-refractivity contribution in [2.75, 3.05) is 5.73 Å². The van der Waals surface area contributed by atoms with E-state index < -0.39 is 5.69 Å². The third-order valence-corrected chi connectivity index (χ3v) is 5.10. The Labute approximate surface area is 181 Å². The molecule has 160 valence electrons. The number of aromatic nitrogens is 6. The van der Waals surface area contributed by atoms with Crippen LogP contribution in [-0.4, -0.2) is 29.8 Å². The highest BCUT2D eigenvalue weighted by molar-refractivity contribution is 5.88. The molecule has 0 saturated heterocycles. The van der Waals surface area contributed by atoms with Crippen LogP contribution in [0, 0.1) is 6.92 Å². The van der Waals surface area contributed by atoms with Crippen molar-refractivity contribution in [1.29, 1.82) is 0 Å². The maximum absolute atomic E-state index is 13.1. The molecule has 10 heteroatoms. The summed E-state index contributed by atoms with van der Waals surface area (Å²) in [5, 5.41) is 12.8. The molecule has 4 N–H and O–H groups in total. The molecule has 0 radical (unpaired) electrons. The van der Waals surface area contributed by atoms with E-state index in [9.17, 15) is 9.90 Å². The number of pyridine rings is 1. The van der Waals surface area contributed by atoms with E-state index in [4.69, 9.17) is 10.2 Å². The third-order valence-electron chi connectivity index (χ3n) is 5.10. The van der Waals surface area contributed by atoms with Crippen LogP contribution in [0.2, 0.25) is 0 Å². The normalized spacial score (nSPS) is 11.3. The number of aliphatic hydroxyl groups is 1. The Morgan fingerprint density at radius 2 is 2.00 bits per heavy atom. The number of nitrogens with two attached hydrogens (primary N) is 1. The zero-order valence-corrected chi connectivity index (χ0v) is 17.2. The first-order valence-electron chi connectivity index (χ1n) is 9.92. The summed E-state index contributed by atoms with van der Waals surface area (Å²) in [6.07, 6.45) is 2.96. The highest BCUT2D eigenvalue weighted by Gasteiger charge is 2.26. The van der Waals surface area contributed by atoms with Gasteiger partial charge in [0.2, 0.25) is 11.5 Å². The number of nitrogens with one attached hydrogen (secondary N) is 1. The van der Waals surface area contributed by atoms with Gasteiger partial charge in [-0.25, -0.2) is 14.9 Å². The smallest absolute Gasteiger partial charge is 0.428 e. The van der Waals surface area contributed by atoms with E-state index in [-0.39, 0.29) is 19.1 Å². The van der Waals surface area contributed by atoms with Gasteiger partial charge in [0.1, 0.15) is 12.0 Å². The van der Waals surface area contributed by atoms with Gasteiger partial charge >= 0.3 is 11.6 Å². The summed E-state index contributed by atoms with van der Waals surface area (Å²) >= 11 is 0. The lowest BCUT2D eigenvalue weighted by molar-refractivity contribution is -0.516. The largest absolute Gasteiger partial charge is 0.446 e. The average molecular weight is 430 g/mol. The van der Waals surface area contributed by atoms with E-state index in [0.29, 0.717) is 28.5 Å². The summed E-state index contributed by atoms with van der Waals surface area (Å²) in [5.41, 5.74) is 10.4. The summed E-state index contributed by atoms with van der Waals surface area (Å²) in [6.45, 7) is 1.73. The second-order valence-electron chi connectivity index (χ2n) is 7.30. The average Bonchev–Trinajstić information content (AvgIpc) is 3.42. The van der Waals surface area contributed by atoms with Crippen LogP contribution in [0.1, 0.15) is 17.3 Å². The topological polar surface area (TPSA) is 140 Å². The maximum Gasteiger partial charge on any atom is 0.428 e. The van der Waals surface area contributed by atoms with Crippen LogP contribution < -0.4 is 15.8 Å². The second-order valence-corrected chi connectivity index (χ2v) is 7.30. The summed E-state index contributed by atoms with van der Waals surface area (Å²) in [7, 11) is 0. The van der Waals surface area contributed by atoms with Gasteiger partial charge in [-0.05, 0) is 24.6 Å². The number of benzene rings is 1. The van der Waals surface area contributed by atoms with Crippen molar-refractivity contribution in [1.82, 2.24) is 24.7 Å². The molecule has 4 aromatic heterocycles. The van der Waals surface area contributed by atoms with Gasteiger partial charge in [0.15, 0.2) is 6.54 Å². The van der Waals surface area contributed by atoms with Gasteiger partial charge in [0, 0.05) is 11.3 Å². The molecule has 0 amide bonds. The molecule has 0 aliphatic carbocycles. The Balaban J connectivity index is 1.85. The van der Waals surface area contributed by atoms with Gasteiger partial charge in [-0.1, -0.05) is 30.3 Å². The van der Waals surface area contributed by atoms with E-state index in [1.54, 1.807) is 6.07 Å². The molecular formula is C22H20N7O3+. The van der Waals surface area contributed by atoms with E-state index in [1.165, 1.54) is 21.5 Å². The molecule has 0 aliphatic rings. The minimum atomic E-state index is -0.405. The van der Waals surface area contributed by atoms with Gasteiger partial charge in [-0.15, -0.1) is 9.38 Å². The first kappa shape index (κ1) is 19.6. The molecule has 0 aliphatic heterocycles. The number of oxazole rings is 1. The monoisotopic (exact) mass is 430 g/mol. The Hall–Kier alpha value is -4.31. The molecule has 0 spiro atoms. The van der Waals surface area contributed by atoms with E-state index in [2.05, 4.69) is 20.1 Å². The number of fused-ring (bicyclic) bond motifs is 1. The number of hydrogen-bond donors (Lipinski definition) is 3. The van der Waals surface area contributed by atoms with Gasteiger partial charge in [-0.3, -0.25) is 4.98 Å². The highest BCUT2D eigenvalue weighted by atomic mass is 16.3. The molecular weight excluding hydrogens is 410 g/mol. The van der Waals surface area contributed by atoms with Crippen LogP contribution in [0.3, 0.4) is 0 Å². The quantitative estimate of drug-likeness (QED) is 0.359. The Morgan fingerprint density at radius 1 is 1.19 bits per heavy atom. The fourth-order valence-electron chi connectivity index (χ4n) is 3.77. The molecule has 0 unspecified atom stereocenters. The lowest BCUT2D eigenvalue weighted by Gasteiger charge is -2.10. The van der Waals surface area contributed by atoms with Crippen molar-refractivity contribution in [3.05, 3.63) is 82.7 Å². The Bertz CT molecular complexity index is 1470. The molecule has 0 saturated carbocycles. The van der Waals surface area contributed by atoms with Crippen LogP contribution in [0.4, 0.5) is 5.95 Å². The van der Waals surface area contributed by atoms with Crippen molar-refractivity contribution in [2.24, 2.45) is 0 Å². The predicted molar refractivity (Wildman–Crippen MR) is 115 cm³/mol. The fraction of sp³-hybridized carbons (Fsp3) is 0.136. The number of anilines is 1. The molecule has 10 nitrogen and oxygen atoms in total. The molecule has 0 bridgehead atoms. The van der Waals surface area contributed by atoms with Crippen LogP contribution in [0.15, 0.2) is 64.1 Å². The number of nitrogen functional groups attached to an aromatic ring is 1. The van der Waals surface area contributed by atoms with Crippen molar-refractivity contribution in [2.45, 2.75) is 20.1 Å². The number of nitrogens with zero attached hydrogens (tertiary/aromatic N) is 5. The molecule has 5 rings (SSSR count). The number of hydrogen-bond acceptors (Lipinski definition) is 7. The van der Waals surface area contributed by atoms with Crippen molar-refractivity contribution in [3.63, 3.8) is 0 Å². The zero-order chi connectivity index (χ0) is 22.2. The van der Waals surface area contributed by atoms with Crippen molar-refractivity contribution in [3.8, 4) is 22.4 Å². The standard InChI is InChI=1S/C22H19N7O3/c1-13-9-15(10-16(12-30)25-13)18-19(14-5-3-2-4-6-14)26-21(23)29-20(18)27-28(22(29)31)11-17-24-7-8-32-17/h2-10,30H,11-12H2,1H3,(H2,23,25,26,27)/p+1. The number of aromatic amines is 1. The summed E-state index contributed by atoms with van der Waals surface area (Å²) in [6, 6.07) is 13.2. The number of rotatable bonds is 5. The van der Waals surface area contributed by atoms with Gasteiger partial charge in [0.25, 0.3) is 0 Å². The number of aryl methyl sites for hydroxylation is 1. The fourth-order valence-corrected chi connectivity index (χ4v) is 3.77. The zero-order valence-electron chi connectivity index (χ0n) is 17.2. The van der Waals surface area contributed by atoms with Crippen LogP contribution in [0.25, 0.3) is 28.0 Å². The lowest BCUT2D eigenvalue weighted by Crippen LogP contribution is -2.44. The first-order chi connectivity index (χ1) is 15.5. The SMILES string of the molecule is Cc1cc(-c2c(-c3ccccc3)nc(N)[n+]3c(=O)n(Cc4ncco4)[nH]c23)cc(CO)n1. The van der Waals surface area contributed by atoms with Crippen LogP contribution in [0.5, 0.6) is 0 Å². The van der Waals surface area contributed by atoms with Gasteiger partial charge in [0.05, 0.1) is 24.1 Å². The highest BCUT2D eigenvalue weighted by Crippen LogP contribution is 2.33. The van der Waals surface area contributed by atoms with E-state index in [0.717, 1.165) is 16.8 Å². The summed E-state index contributed by atoms with van der Waals surface area (Å²) < 4.78 is 7.97. The minimum absolute atomic E-state index is 0.0446.